The number of nitrogens with one attached hydrogen (secondary N) is 1. The number of carbonyl (C=O) groups is 3. The molecule has 0 spiro atoms. The summed E-state index contributed by atoms with van der Waals surface area (Å²) in [5.74, 6) is -1.07. The number of para-hydroxylation sites is 1. The topological polar surface area (TPSA) is 90.9 Å². The number of anilines is 1. The Morgan fingerprint density at radius 1 is 0.889 bits per heavy atom. The van der Waals surface area contributed by atoms with Crippen molar-refractivity contribution < 1.29 is 28.6 Å². The predicted molar refractivity (Wildman–Crippen MR) is 98.9 cm³/mol. The minimum Gasteiger partial charge on any atom is -0.484 e. The van der Waals surface area contributed by atoms with Gasteiger partial charge in [0.2, 0.25) is 0 Å². The van der Waals surface area contributed by atoms with E-state index in [2.05, 4.69) is 5.32 Å². The predicted octanol–water partition coefficient (Wildman–Crippen LogP) is 3.06. The molecule has 0 aromatic heterocycles. The lowest BCUT2D eigenvalue weighted by Crippen LogP contribution is -2.22. The molecule has 142 valence electrons. The molecule has 27 heavy (non-hydrogen) atoms. The highest BCUT2D eigenvalue weighted by atomic mass is 16.5. The van der Waals surface area contributed by atoms with Crippen molar-refractivity contribution in [2.45, 2.75) is 13.8 Å². The molecule has 0 saturated carbocycles. The van der Waals surface area contributed by atoms with Crippen LogP contribution < -0.4 is 10.1 Å². The van der Waals surface area contributed by atoms with Crippen molar-refractivity contribution >= 4 is 23.5 Å². The van der Waals surface area contributed by atoms with Crippen molar-refractivity contribution in [3.8, 4) is 5.75 Å². The van der Waals surface area contributed by atoms with Gasteiger partial charge in [-0.1, -0.05) is 18.2 Å². The zero-order valence-corrected chi connectivity index (χ0v) is 15.2. The molecule has 1 N–H and O–H groups in total. The molecule has 0 heterocycles. The molecule has 0 aliphatic rings. The summed E-state index contributed by atoms with van der Waals surface area (Å²) in [5, 5.41) is 2.62. The molecule has 2 aromatic rings. The third-order valence-corrected chi connectivity index (χ3v) is 3.41. The molecule has 2 rings (SSSR count). The van der Waals surface area contributed by atoms with Gasteiger partial charge in [-0.25, -0.2) is 9.59 Å². The fourth-order valence-electron chi connectivity index (χ4n) is 2.24. The summed E-state index contributed by atoms with van der Waals surface area (Å²) in [6.45, 7) is 3.64. The van der Waals surface area contributed by atoms with Crippen LogP contribution in [-0.4, -0.2) is 37.7 Å². The van der Waals surface area contributed by atoms with E-state index in [1.54, 1.807) is 56.3 Å². The van der Waals surface area contributed by atoms with E-state index in [-0.39, 0.29) is 25.4 Å². The summed E-state index contributed by atoms with van der Waals surface area (Å²) in [6.07, 6.45) is 0. The van der Waals surface area contributed by atoms with Gasteiger partial charge < -0.3 is 19.5 Å². The number of esters is 2. The Hall–Kier alpha value is -3.35. The number of hydrogen-bond acceptors (Lipinski definition) is 6. The van der Waals surface area contributed by atoms with Gasteiger partial charge in [0, 0.05) is 0 Å². The fraction of sp³-hybridized carbons (Fsp3) is 0.250. The van der Waals surface area contributed by atoms with Crippen molar-refractivity contribution in [3.05, 3.63) is 59.7 Å². The fourth-order valence-corrected chi connectivity index (χ4v) is 2.24. The molecule has 1 amide bonds. The van der Waals surface area contributed by atoms with Crippen LogP contribution in [0.2, 0.25) is 0 Å². The maximum Gasteiger partial charge on any atom is 0.340 e. The molecule has 2 aromatic carbocycles. The highest BCUT2D eigenvalue weighted by Crippen LogP contribution is 2.17. The first-order chi connectivity index (χ1) is 13.0. The van der Waals surface area contributed by atoms with E-state index in [4.69, 9.17) is 14.2 Å². The lowest BCUT2D eigenvalue weighted by atomic mass is 10.2. The van der Waals surface area contributed by atoms with Gasteiger partial charge in [-0.05, 0) is 44.2 Å². The minimum absolute atomic E-state index is 0.237. The number of carbonyl (C=O) groups excluding carboxylic acids is 3. The van der Waals surface area contributed by atoms with Crippen LogP contribution in [0.4, 0.5) is 5.69 Å². The van der Waals surface area contributed by atoms with Gasteiger partial charge in [-0.15, -0.1) is 0 Å². The molecule has 0 aliphatic carbocycles. The SMILES string of the molecule is CCOC(=O)c1cccc(OCC(=O)Nc2ccccc2C(=O)OCC)c1. The minimum atomic E-state index is -0.517. The molecule has 0 unspecified atom stereocenters. The smallest absolute Gasteiger partial charge is 0.340 e. The number of hydrogen-bond donors (Lipinski definition) is 1. The van der Waals surface area contributed by atoms with Crippen molar-refractivity contribution in [2.75, 3.05) is 25.1 Å². The summed E-state index contributed by atoms with van der Waals surface area (Å²) in [6, 6.07) is 12.9. The van der Waals surface area contributed by atoms with E-state index in [1.165, 1.54) is 6.07 Å². The Labute approximate surface area is 157 Å². The molecule has 7 nitrogen and oxygen atoms in total. The number of amides is 1. The lowest BCUT2D eigenvalue weighted by Gasteiger charge is -2.11. The monoisotopic (exact) mass is 371 g/mol. The van der Waals surface area contributed by atoms with Crippen LogP contribution in [-0.2, 0) is 14.3 Å². The van der Waals surface area contributed by atoms with Crippen LogP contribution in [0.15, 0.2) is 48.5 Å². The largest absolute Gasteiger partial charge is 0.484 e. The lowest BCUT2D eigenvalue weighted by molar-refractivity contribution is -0.118. The first-order valence-corrected chi connectivity index (χ1v) is 8.51. The second-order valence-corrected chi connectivity index (χ2v) is 5.35. The van der Waals surface area contributed by atoms with Gasteiger partial charge in [-0.3, -0.25) is 4.79 Å². The zero-order chi connectivity index (χ0) is 19.6. The van der Waals surface area contributed by atoms with Crippen molar-refractivity contribution in [3.63, 3.8) is 0 Å². The Morgan fingerprint density at radius 3 is 2.33 bits per heavy atom. The molecule has 0 radical (unpaired) electrons. The van der Waals surface area contributed by atoms with E-state index < -0.39 is 17.8 Å². The standard InChI is InChI=1S/C20H21NO6/c1-3-25-19(23)14-8-7-9-15(12-14)27-13-18(22)21-17-11-6-5-10-16(17)20(24)26-4-2/h5-12H,3-4,13H2,1-2H3,(H,21,22). The number of benzene rings is 2. The van der Waals surface area contributed by atoms with Crippen LogP contribution in [0.5, 0.6) is 5.75 Å². The molecule has 0 atom stereocenters. The summed E-state index contributed by atoms with van der Waals surface area (Å²) in [5.41, 5.74) is 0.934. The Kier molecular flexibility index (Phi) is 7.37. The van der Waals surface area contributed by atoms with E-state index >= 15 is 0 Å². The first kappa shape index (κ1) is 20.0. The highest BCUT2D eigenvalue weighted by Gasteiger charge is 2.14. The number of rotatable bonds is 8. The van der Waals surface area contributed by atoms with Crippen LogP contribution in [0, 0.1) is 0 Å². The van der Waals surface area contributed by atoms with E-state index in [1.807, 2.05) is 0 Å². The Balaban J connectivity index is 1.99. The van der Waals surface area contributed by atoms with Gasteiger partial charge in [0.05, 0.1) is 30.0 Å². The molecule has 0 aliphatic heterocycles. The average molecular weight is 371 g/mol. The van der Waals surface area contributed by atoms with E-state index in [0.717, 1.165) is 0 Å². The summed E-state index contributed by atoms with van der Waals surface area (Å²) >= 11 is 0. The molecule has 0 fully saturated rings. The zero-order valence-electron chi connectivity index (χ0n) is 15.2. The van der Waals surface area contributed by atoms with Crippen molar-refractivity contribution in [2.24, 2.45) is 0 Å². The van der Waals surface area contributed by atoms with Gasteiger partial charge in [0.15, 0.2) is 6.61 Å². The summed E-state index contributed by atoms with van der Waals surface area (Å²) in [4.78, 5) is 35.8. The van der Waals surface area contributed by atoms with Crippen LogP contribution in [0.3, 0.4) is 0 Å². The van der Waals surface area contributed by atoms with Crippen LogP contribution in [0.1, 0.15) is 34.6 Å². The summed E-state index contributed by atoms with van der Waals surface area (Å²) in [7, 11) is 0. The summed E-state index contributed by atoms with van der Waals surface area (Å²) < 4.78 is 15.3. The normalized spacial score (nSPS) is 10.0. The van der Waals surface area contributed by atoms with E-state index in [0.29, 0.717) is 17.0 Å². The molecule has 0 bridgehead atoms. The van der Waals surface area contributed by atoms with Crippen molar-refractivity contribution in [1.82, 2.24) is 0 Å². The molecule has 0 saturated heterocycles. The second kappa shape index (κ2) is 9.96. The molecular weight excluding hydrogens is 350 g/mol. The highest BCUT2D eigenvalue weighted by molar-refractivity contribution is 6.01. The van der Waals surface area contributed by atoms with Gasteiger partial charge in [-0.2, -0.15) is 0 Å². The molecular formula is C20H21NO6. The third kappa shape index (κ3) is 5.85. The third-order valence-electron chi connectivity index (χ3n) is 3.41. The van der Waals surface area contributed by atoms with Gasteiger partial charge in [0.25, 0.3) is 5.91 Å². The van der Waals surface area contributed by atoms with Gasteiger partial charge in [0.1, 0.15) is 5.75 Å². The Bertz CT molecular complexity index is 818. The van der Waals surface area contributed by atoms with E-state index in [9.17, 15) is 14.4 Å². The maximum atomic E-state index is 12.2. The maximum absolute atomic E-state index is 12.2. The van der Waals surface area contributed by atoms with Crippen LogP contribution in [0.25, 0.3) is 0 Å². The second-order valence-electron chi connectivity index (χ2n) is 5.35. The quantitative estimate of drug-likeness (QED) is 0.717. The number of ether oxygens (including phenoxy) is 3. The van der Waals surface area contributed by atoms with Gasteiger partial charge >= 0.3 is 11.9 Å². The molecule has 7 heteroatoms. The first-order valence-electron chi connectivity index (χ1n) is 8.51. The van der Waals surface area contributed by atoms with Crippen LogP contribution >= 0.6 is 0 Å². The Morgan fingerprint density at radius 2 is 1.59 bits per heavy atom. The average Bonchev–Trinajstić information content (AvgIpc) is 2.67. The van der Waals surface area contributed by atoms with Crippen molar-refractivity contribution in [1.29, 1.82) is 0 Å².